The number of likely N-dealkylation sites (tertiary alicyclic amines) is 1. The molecule has 0 saturated carbocycles. The van der Waals surface area contributed by atoms with Crippen LogP contribution < -0.4 is 16.0 Å². The van der Waals surface area contributed by atoms with Crippen LogP contribution in [-0.4, -0.2) is 145 Å². The highest BCUT2D eigenvalue weighted by Gasteiger charge is 2.48. The second-order valence-corrected chi connectivity index (χ2v) is 15.5. The maximum Gasteiger partial charge on any atom is 0.411 e. The van der Waals surface area contributed by atoms with Crippen molar-refractivity contribution >= 4 is 30.0 Å². The normalized spacial score (nSPS) is 27.8. The summed E-state index contributed by atoms with van der Waals surface area (Å²) in [6, 6.07) is -1.99. The molecule has 0 aromatic carbocycles. The molecule has 0 aromatic heterocycles. The zero-order valence-corrected chi connectivity index (χ0v) is 33.1. The number of hydrogen-bond donors (Lipinski definition) is 3. The van der Waals surface area contributed by atoms with E-state index in [4.69, 9.17) is 33.2 Å². The largest absolute Gasteiger partial charge is 0.468 e. The fourth-order valence-corrected chi connectivity index (χ4v) is 7.68. The number of methoxy groups -OCH3 is 4. The van der Waals surface area contributed by atoms with Crippen molar-refractivity contribution in [1.29, 1.82) is 0 Å². The minimum Gasteiger partial charge on any atom is -0.468 e. The van der Waals surface area contributed by atoms with Gasteiger partial charge in [0.15, 0.2) is 0 Å². The van der Waals surface area contributed by atoms with E-state index in [2.05, 4.69) is 22.9 Å². The van der Waals surface area contributed by atoms with Gasteiger partial charge in [0.25, 0.3) is 0 Å². The van der Waals surface area contributed by atoms with Gasteiger partial charge in [-0.05, 0) is 83.0 Å². The number of ether oxygens (including phenoxy) is 7. The molecule has 3 N–H and O–H groups in total. The molecular weight excluding hydrogens is 692 g/mol. The maximum atomic E-state index is 12.9. The lowest BCUT2D eigenvalue weighted by atomic mass is 9.91. The Morgan fingerprint density at radius 1 is 0.717 bits per heavy atom. The van der Waals surface area contributed by atoms with E-state index in [-0.39, 0.29) is 59.8 Å². The van der Waals surface area contributed by atoms with Gasteiger partial charge in [-0.1, -0.05) is 13.8 Å². The number of carbonyl (C=O) groups excluding carboxylic acids is 5. The lowest BCUT2D eigenvalue weighted by Crippen LogP contribution is -2.54. The number of hydrogen-bond acceptors (Lipinski definition) is 15. The van der Waals surface area contributed by atoms with Gasteiger partial charge in [-0.25, -0.2) is 9.59 Å². The molecule has 4 aliphatic heterocycles. The van der Waals surface area contributed by atoms with Gasteiger partial charge < -0.3 is 49.1 Å². The number of nitrogens with zero attached hydrogens (tertiary/aromatic N) is 1. The molecular formula is C37H64N4O12. The monoisotopic (exact) mass is 756 g/mol. The third-order valence-electron chi connectivity index (χ3n) is 10.7. The Morgan fingerprint density at radius 3 is 1.66 bits per heavy atom. The molecule has 16 heteroatoms. The van der Waals surface area contributed by atoms with Crippen LogP contribution in [-0.2, 0) is 52.3 Å². The Hall–Kier alpha value is -3.05. The highest BCUT2D eigenvalue weighted by atomic mass is 16.6. The van der Waals surface area contributed by atoms with Gasteiger partial charge in [0.1, 0.15) is 29.8 Å². The summed E-state index contributed by atoms with van der Waals surface area (Å²) < 4.78 is 36.0. The average Bonchev–Trinajstić information content (AvgIpc) is 3.69. The molecule has 53 heavy (non-hydrogen) atoms. The third-order valence-corrected chi connectivity index (χ3v) is 10.7. The number of amides is 1. The number of carbonyl (C=O) groups is 5. The third kappa shape index (κ3) is 12.8. The molecule has 4 fully saturated rings. The van der Waals surface area contributed by atoms with E-state index in [1.54, 1.807) is 20.8 Å². The van der Waals surface area contributed by atoms with Crippen LogP contribution in [0, 0.1) is 23.7 Å². The lowest BCUT2D eigenvalue weighted by Gasteiger charge is -2.34. The van der Waals surface area contributed by atoms with Gasteiger partial charge >= 0.3 is 30.0 Å². The molecule has 16 nitrogen and oxygen atoms in total. The van der Waals surface area contributed by atoms with Crippen LogP contribution in [0.2, 0.25) is 0 Å². The highest BCUT2D eigenvalue weighted by Crippen LogP contribution is 2.32. The smallest absolute Gasteiger partial charge is 0.411 e. The van der Waals surface area contributed by atoms with E-state index in [0.29, 0.717) is 51.9 Å². The van der Waals surface area contributed by atoms with Crippen LogP contribution in [0.3, 0.4) is 0 Å². The minimum absolute atomic E-state index is 0.0158. The summed E-state index contributed by atoms with van der Waals surface area (Å²) in [4.78, 5) is 62.9. The number of rotatable bonds is 12. The van der Waals surface area contributed by atoms with Gasteiger partial charge in [-0.15, -0.1) is 0 Å². The number of esters is 4. The van der Waals surface area contributed by atoms with Crippen LogP contribution >= 0.6 is 0 Å². The molecule has 4 heterocycles. The first-order valence-corrected chi connectivity index (χ1v) is 18.9. The van der Waals surface area contributed by atoms with E-state index in [1.807, 2.05) is 6.92 Å². The molecule has 0 aromatic rings. The standard InChI is InChI=1S/C21H36N2O7.C16H28N2O5/c1-13-11-15(18(24)27-5)23(20(26)30-21(2,3)4)16(13)12-22-17(19(25)28-6)14-7-9-29-10-8-14;1-10-8-12(15(19)21-2)18-13(10)9-17-14(16(20)22-3)11-4-6-23-7-5-11/h13-17,22H,7-12H2,1-6H3;10-14,17-18H,4-9H2,1-3H3/t13-,15+,16-,17-;10-,12+,13-,14-/m11/s1. The van der Waals surface area contributed by atoms with Crippen molar-refractivity contribution in [3.63, 3.8) is 0 Å². The average molecular weight is 757 g/mol. The van der Waals surface area contributed by atoms with Crippen LogP contribution in [0.15, 0.2) is 0 Å². The Morgan fingerprint density at radius 2 is 1.21 bits per heavy atom. The van der Waals surface area contributed by atoms with E-state index in [1.165, 1.54) is 33.3 Å². The van der Waals surface area contributed by atoms with E-state index in [9.17, 15) is 24.0 Å². The van der Waals surface area contributed by atoms with Gasteiger partial charge in [-0.2, -0.15) is 0 Å². The summed E-state index contributed by atoms with van der Waals surface area (Å²) in [6.45, 7) is 13.0. The van der Waals surface area contributed by atoms with Crippen LogP contribution in [0.4, 0.5) is 4.79 Å². The van der Waals surface area contributed by atoms with Crippen molar-refractivity contribution in [2.24, 2.45) is 23.7 Å². The molecule has 0 bridgehead atoms. The van der Waals surface area contributed by atoms with E-state index < -0.39 is 29.7 Å². The summed E-state index contributed by atoms with van der Waals surface area (Å²) in [6.07, 6.45) is 3.88. The quantitative estimate of drug-likeness (QED) is 0.193. The van der Waals surface area contributed by atoms with Crippen molar-refractivity contribution in [3.8, 4) is 0 Å². The predicted molar refractivity (Wildman–Crippen MR) is 193 cm³/mol. The SMILES string of the molecule is COC(=O)[C@@H]1C[C@@H](C)[C@@H](CN[C@@H](C(=O)OC)C2CCOCC2)N1.COC(=O)[C@H](NC[C@@H]1[C@H](C)C[C@@H](C(=O)OC)N1C(=O)OC(C)(C)C)C1CCOCC1. The molecule has 0 spiro atoms. The predicted octanol–water partition coefficient (Wildman–Crippen LogP) is 1.82. The molecule has 1 amide bonds. The van der Waals surface area contributed by atoms with Gasteiger partial charge in [0.2, 0.25) is 0 Å². The summed E-state index contributed by atoms with van der Waals surface area (Å²) >= 11 is 0. The van der Waals surface area contributed by atoms with Crippen molar-refractivity contribution in [2.45, 2.75) is 115 Å². The first kappa shape index (κ1) is 44.3. The van der Waals surface area contributed by atoms with Crippen molar-refractivity contribution in [2.75, 3.05) is 68.0 Å². The van der Waals surface area contributed by atoms with Gasteiger partial charge in [0.05, 0.1) is 34.5 Å². The van der Waals surface area contributed by atoms with E-state index in [0.717, 1.165) is 32.1 Å². The Bertz CT molecular complexity index is 1200. The molecule has 0 radical (unpaired) electrons. The molecule has 4 saturated heterocycles. The molecule has 0 unspecified atom stereocenters. The maximum absolute atomic E-state index is 12.9. The first-order valence-electron chi connectivity index (χ1n) is 18.9. The summed E-state index contributed by atoms with van der Waals surface area (Å²) in [7, 11) is 5.50. The molecule has 4 aliphatic rings. The summed E-state index contributed by atoms with van der Waals surface area (Å²) in [5, 5.41) is 9.94. The number of nitrogens with one attached hydrogen (secondary N) is 3. The van der Waals surface area contributed by atoms with Crippen molar-refractivity contribution < 1.29 is 57.1 Å². The Labute approximate surface area is 314 Å². The Balaban J connectivity index is 0.000000295. The summed E-state index contributed by atoms with van der Waals surface area (Å²) in [5.41, 5.74) is -0.696. The first-order chi connectivity index (χ1) is 25.1. The fraction of sp³-hybridized carbons (Fsp3) is 0.865. The van der Waals surface area contributed by atoms with Crippen molar-refractivity contribution in [1.82, 2.24) is 20.9 Å². The Kier molecular flexibility index (Phi) is 17.7. The topological polar surface area (TPSA) is 189 Å². The lowest BCUT2D eigenvalue weighted by molar-refractivity contribution is -0.147. The van der Waals surface area contributed by atoms with E-state index >= 15 is 0 Å². The van der Waals surface area contributed by atoms with Crippen LogP contribution in [0.5, 0.6) is 0 Å². The molecule has 4 rings (SSSR count). The zero-order valence-electron chi connectivity index (χ0n) is 33.1. The molecule has 304 valence electrons. The van der Waals surface area contributed by atoms with Crippen molar-refractivity contribution in [3.05, 3.63) is 0 Å². The second kappa shape index (κ2) is 21.1. The van der Waals surface area contributed by atoms with Crippen LogP contribution in [0.1, 0.15) is 73.1 Å². The summed E-state index contributed by atoms with van der Waals surface area (Å²) in [5.74, 6) is -0.592. The van der Waals surface area contributed by atoms with Gasteiger partial charge in [0, 0.05) is 45.6 Å². The molecule has 8 atom stereocenters. The van der Waals surface area contributed by atoms with Gasteiger partial charge in [-0.3, -0.25) is 19.3 Å². The van der Waals surface area contributed by atoms with Crippen LogP contribution in [0.25, 0.3) is 0 Å². The minimum atomic E-state index is -0.716. The zero-order chi connectivity index (χ0) is 39.3. The highest BCUT2D eigenvalue weighted by molar-refractivity contribution is 5.83. The second-order valence-electron chi connectivity index (χ2n) is 15.5. The fourth-order valence-electron chi connectivity index (χ4n) is 7.68. The molecule has 0 aliphatic carbocycles.